The monoisotopic (exact) mass is 530 g/mol. The molecule has 1 saturated carbocycles. The highest BCUT2D eigenvalue weighted by atomic mass is 19.1. The van der Waals surface area contributed by atoms with Gasteiger partial charge in [-0.15, -0.1) is 5.10 Å². The average molecular weight is 531 g/mol. The lowest BCUT2D eigenvalue weighted by Crippen LogP contribution is -2.27. The summed E-state index contributed by atoms with van der Waals surface area (Å²) in [5, 5.41) is 17.7. The van der Waals surface area contributed by atoms with E-state index in [9.17, 15) is 9.18 Å². The van der Waals surface area contributed by atoms with Gasteiger partial charge in [-0.2, -0.15) is 10.2 Å². The van der Waals surface area contributed by atoms with E-state index < -0.39 is 5.83 Å². The molecule has 0 amide bonds. The normalized spacial score (nSPS) is 18.4. The van der Waals surface area contributed by atoms with Crippen molar-refractivity contribution in [2.45, 2.75) is 44.8 Å². The first-order chi connectivity index (χ1) is 18.8. The number of hydrogen-bond acceptors (Lipinski definition) is 7. The molecule has 4 aromatic heterocycles. The first-order valence-corrected chi connectivity index (χ1v) is 12.8. The highest BCUT2D eigenvalue weighted by Gasteiger charge is 2.27. The standard InChI is InChI=1S/C28H31FN8O2/c1-5-20(29)7-6-18(2)32-25-14-24-23(16-30-25)28(19-15-31-35(3)17-19)34-37(24)21-8-10-22(11-9-21)39-26-12-13-27(38)36(4)33-26/h5-7,12-17,21-22H,1,8-11H2,2-4H3,(H,30,32)/b18-6+,20-7+/t21-,22+. The van der Waals surface area contributed by atoms with Crippen LogP contribution >= 0.6 is 0 Å². The SMILES string of the molecule is C=C/C(F)=C\C=C(/C)Nc1cc2c(cn1)c(-c1cnn(C)c1)nn2[C@H]1CC[C@@H](Oc2ccc(=O)n(C)n2)CC1. The zero-order valence-corrected chi connectivity index (χ0v) is 22.2. The van der Waals surface area contributed by atoms with Gasteiger partial charge in [-0.3, -0.25) is 14.2 Å². The van der Waals surface area contributed by atoms with Crippen molar-refractivity contribution in [3.8, 4) is 17.1 Å². The summed E-state index contributed by atoms with van der Waals surface area (Å²) in [5.74, 6) is 0.683. The Bertz CT molecular complexity index is 1620. The molecule has 0 bridgehead atoms. The molecule has 0 spiro atoms. The van der Waals surface area contributed by atoms with E-state index in [2.05, 4.69) is 31.8 Å². The van der Waals surface area contributed by atoms with Crippen LogP contribution in [0.3, 0.4) is 0 Å². The van der Waals surface area contributed by atoms with Gasteiger partial charge in [0.25, 0.3) is 5.56 Å². The molecular formula is C28H31FN8O2. The van der Waals surface area contributed by atoms with Crippen LogP contribution in [0.2, 0.25) is 0 Å². The lowest BCUT2D eigenvalue weighted by molar-refractivity contribution is 0.123. The number of fused-ring (bicyclic) bond motifs is 1. The highest BCUT2D eigenvalue weighted by molar-refractivity contribution is 5.93. The number of hydrogen-bond donors (Lipinski definition) is 1. The van der Waals surface area contributed by atoms with Crippen molar-refractivity contribution in [3.63, 3.8) is 0 Å². The van der Waals surface area contributed by atoms with E-state index in [-0.39, 0.29) is 17.7 Å². The van der Waals surface area contributed by atoms with Crippen LogP contribution in [0.4, 0.5) is 10.2 Å². The fraction of sp³-hybridized carbons (Fsp3) is 0.321. The topological polar surface area (TPSA) is 105 Å². The molecule has 4 aromatic rings. The predicted molar refractivity (Wildman–Crippen MR) is 148 cm³/mol. The van der Waals surface area contributed by atoms with Crippen molar-refractivity contribution >= 4 is 16.7 Å². The summed E-state index contributed by atoms with van der Waals surface area (Å²) in [5.41, 5.74) is 3.27. The Morgan fingerprint density at radius 2 is 1.95 bits per heavy atom. The third-order valence-corrected chi connectivity index (χ3v) is 6.80. The van der Waals surface area contributed by atoms with E-state index in [0.717, 1.165) is 59.6 Å². The van der Waals surface area contributed by atoms with E-state index in [1.54, 1.807) is 30.1 Å². The number of halogens is 1. The summed E-state index contributed by atoms with van der Waals surface area (Å²) in [4.78, 5) is 16.2. The molecule has 0 aliphatic heterocycles. The number of nitrogens with zero attached hydrogens (tertiary/aromatic N) is 7. The molecule has 1 fully saturated rings. The fourth-order valence-corrected chi connectivity index (χ4v) is 4.77. The van der Waals surface area contributed by atoms with Gasteiger partial charge in [0.15, 0.2) is 0 Å². The minimum Gasteiger partial charge on any atom is -0.473 e. The van der Waals surface area contributed by atoms with E-state index >= 15 is 0 Å². The summed E-state index contributed by atoms with van der Waals surface area (Å²) in [7, 11) is 3.49. The van der Waals surface area contributed by atoms with Crippen molar-refractivity contribution < 1.29 is 9.13 Å². The molecule has 4 heterocycles. The maximum atomic E-state index is 13.5. The molecule has 0 saturated heterocycles. The number of rotatable bonds is 8. The van der Waals surface area contributed by atoms with Gasteiger partial charge in [0, 0.05) is 61.3 Å². The molecule has 0 atom stereocenters. The zero-order valence-electron chi connectivity index (χ0n) is 22.2. The molecule has 11 heteroatoms. The van der Waals surface area contributed by atoms with Gasteiger partial charge in [0.2, 0.25) is 5.88 Å². The van der Waals surface area contributed by atoms with Crippen LogP contribution in [-0.2, 0) is 14.1 Å². The van der Waals surface area contributed by atoms with Crippen LogP contribution in [0.1, 0.15) is 38.6 Å². The van der Waals surface area contributed by atoms with E-state index in [1.807, 2.05) is 32.4 Å². The molecule has 5 rings (SSSR count). The van der Waals surface area contributed by atoms with E-state index in [1.165, 1.54) is 16.8 Å². The number of anilines is 1. The summed E-state index contributed by atoms with van der Waals surface area (Å²) in [6.45, 7) is 5.27. The molecule has 0 unspecified atom stereocenters. The first kappa shape index (κ1) is 26.1. The summed E-state index contributed by atoms with van der Waals surface area (Å²) in [6, 6.07) is 5.23. The summed E-state index contributed by atoms with van der Waals surface area (Å²) >= 11 is 0. The van der Waals surface area contributed by atoms with E-state index in [0.29, 0.717) is 11.7 Å². The molecule has 1 N–H and O–H groups in total. The molecule has 39 heavy (non-hydrogen) atoms. The smallest absolute Gasteiger partial charge is 0.266 e. The second kappa shape index (κ2) is 11.1. The van der Waals surface area contributed by atoms with Gasteiger partial charge in [0.05, 0.1) is 17.8 Å². The van der Waals surface area contributed by atoms with Gasteiger partial charge in [0.1, 0.15) is 23.4 Å². The Morgan fingerprint density at radius 1 is 1.15 bits per heavy atom. The molecule has 1 aliphatic rings. The maximum Gasteiger partial charge on any atom is 0.266 e. The van der Waals surface area contributed by atoms with Crippen LogP contribution in [0, 0.1) is 0 Å². The number of aromatic nitrogens is 7. The van der Waals surface area contributed by atoms with Crippen LogP contribution in [0.25, 0.3) is 22.2 Å². The number of aryl methyl sites for hydroxylation is 2. The number of ether oxygens (including phenoxy) is 1. The van der Waals surface area contributed by atoms with Crippen molar-refractivity contribution in [1.82, 2.24) is 34.3 Å². The molecule has 0 aromatic carbocycles. The van der Waals surface area contributed by atoms with Crippen LogP contribution < -0.4 is 15.6 Å². The third kappa shape index (κ3) is 5.82. The lowest BCUT2D eigenvalue weighted by atomic mass is 9.93. The highest BCUT2D eigenvalue weighted by Crippen LogP contribution is 2.36. The van der Waals surface area contributed by atoms with Crippen molar-refractivity contribution in [1.29, 1.82) is 0 Å². The zero-order chi connectivity index (χ0) is 27.5. The largest absolute Gasteiger partial charge is 0.473 e. The maximum absolute atomic E-state index is 13.5. The number of nitrogens with one attached hydrogen (secondary N) is 1. The van der Waals surface area contributed by atoms with Crippen molar-refractivity contribution in [2.24, 2.45) is 14.1 Å². The predicted octanol–water partition coefficient (Wildman–Crippen LogP) is 4.84. The Kier molecular flexibility index (Phi) is 7.40. The lowest BCUT2D eigenvalue weighted by Gasteiger charge is -2.29. The van der Waals surface area contributed by atoms with Gasteiger partial charge in [-0.05, 0) is 50.8 Å². The molecule has 202 valence electrons. The number of allylic oxidation sites excluding steroid dienone is 5. The van der Waals surface area contributed by atoms with Crippen LogP contribution in [0.15, 0.2) is 77.9 Å². The van der Waals surface area contributed by atoms with Crippen molar-refractivity contribution in [2.75, 3.05) is 5.32 Å². The minimum absolute atomic E-state index is 0.0153. The Hall–Kier alpha value is -4.54. The Labute approximate surface area is 225 Å². The van der Waals surface area contributed by atoms with Crippen molar-refractivity contribution in [3.05, 3.63) is 83.5 Å². The van der Waals surface area contributed by atoms with Gasteiger partial charge in [-0.25, -0.2) is 14.1 Å². The minimum atomic E-state index is -0.412. The Morgan fingerprint density at radius 3 is 2.64 bits per heavy atom. The molecule has 0 radical (unpaired) electrons. The molecule has 1 aliphatic carbocycles. The second-order valence-corrected chi connectivity index (χ2v) is 9.69. The van der Waals surface area contributed by atoms with Gasteiger partial charge < -0.3 is 10.1 Å². The Balaban J connectivity index is 1.41. The molecule has 10 nitrogen and oxygen atoms in total. The second-order valence-electron chi connectivity index (χ2n) is 9.69. The summed E-state index contributed by atoms with van der Waals surface area (Å²) in [6.07, 6.45) is 13.1. The quantitative estimate of drug-likeness (QED) is 0.325. The average Bonchev–Trinajstić information content (AvgIpc) is 3.53. The third-order valence-electron chi connectivity index (χ3n) is 6.80. The fourth-order valence-electron chi connectivity index (χ4n) is 4.77. The number of pyridine rings is 1. The molecular weight excluding hydrogens is 499 g/mol. The van der Waals surface area contributed by atoms with Crippen LogP contribution in [-0.4, -0.2) is 40.4 Å². The van der Waals surface area contributed by atoms with Crippen LogP contribution in [0.5, 0.6) is 5.88 Å². The summed E-state index contributed by atoms with van der Waals surface area (Å²) < 4.78 is 24.6. The first-order valence-electron chi connectivity index (χ1n) is 12.8. The van der Waals surface area contributed by atoms with Gasteiger partial charge in [-0.1, -0.05) is 6.58 Å². The van der Waals surface area contributed by atoms with E-state index in [4.69, 9.17) is 9.84 Å². The van der Waals surface area contributed by atoms with Gasteiger partial charge >= 0.3 is 0 Å².